The third kappa shape index (κ3) is 4.33. The van der Waals surface area contributed by atoms with Gasteiger partial charge in [-0.25, -0.2) is 0 Å². The van der Waals surface area contributed by atoms with Crippen LogP contribution in [0.1, 0.15) is 24.1 Å². The number of fused-ring (bicyclic) bond motifs is 2. The van der Waals surface area contributed by atoms with Crippen LogP contribution in [-0.4, -0.2) is 18.4 Å². The van der Waals surface area contributed by atoms with Crippen LogP contribution in [0.4, 0.5) is 0 Å². The Morgan fingerprint density at radius 1 is 0.733 bits per heavy atom. The zero-order valence-corrected chi connectivity index (χ0v) is 16.9. The van der Waals surface area contributed by atoms with Crippen molar-refractivity contribution in [2.75, 3.05) is 6.54 Å². The molecule has 4 rings (SSSR count). The Labute approximate surface area is 175 Å². The molecule has 0 heterocycles. The summed E-state index contributed by atoms with van der Waals surface area (Å²) in [5.41, 5.74) is 2.01. The van der Waals surface area contributed by atoms with E-state index in [2.05, 4.69) is 28.8 Å². The van der Waals surface area contributed by atoms with E-state index in [4.69, 9.17) is 0 Å². The van der Waals surface area contributed by atoms with Crippen molar-refractivity contribution in [2.24, 2.45) is 0 Å². The molecule has 0 aliphatic heterocycles. The standard InChI is InChI=1S/C26H24N2O2/c1-18(22-15-7-11-20-9-3-5-14-24(20)22)28-26(30)17-27-25(29)16-21-12-6-10-19-8-2-4-13-23(19)21/h2-15,18H,16-17H2,1H3,(H,27,29)(H,28,30). The summed E-state index contributed by atoms with van der Waals surface area (Å²) in [5, 5.41) is 10.1. The first-order valence-corrected chi connectivity index (χ1v) is 10.1. The van der Waals surface area contributed by atoms with Gasteiger partial charge in [0.05, 0.1) is 19.0 Å². The molecule has 4 aromatic rings. The minimum Gasteiger partial charge on any atom is -0.348 e. The monoisotopic (exact) mass is 396 g/mol. The third-order valence-corrected chi connectivity index (χ3v) is 5.34. The number of nitrogens with one attached hydrogen (secondary N) is 2. The van der Waals surface area contributed by atoms with E-state index in [0.29, 0.717) is 0 Å². The normalized spacial score (nSPS) is 11.9. The van der Waals surface area contributed by atoms with Gasteiger partial charge in [-0.1, -0.05) is 84.9 Å². The van der Waals surface area contributed by atoms with Crippen molar-refractivity contribution in [2.45, 2.75) is 19.4 Å². The van der Waals surface area contributed by atoms with Gasteiger partial charge in [0.2, 0.25) is 11.8 Å². The highest BCUT2D eigenvalue weighted by atomic mass is 16.2. The second kappa shape index (κ2) is 8.78. The molecule has 30 heavy (non-hydrogen) atoms. The molecule has 0 aromatic heterocycles. The summed E-state index contributed by atoms with van der Waals surface area (Å²) in [5.74, 6) is -0.374. The first-order valence-electron chi connectivity index (χ1n) is 10.1. The van der Waals surface area contributed by atoms with Crippen LogP contribution < -0.4 is 10.6 Å². The Morgan fingerprint density at radius 2 is 1.33 bits per heavy atom. The topological polar surface area (TPSA) is 58.2 Å². The maximum absolute atomic E-state index is 12.4. The van der Waals surface area contributed by atoms with Crippen molar-refractivity contribution in [1.29, 1.82) is 0 Å². The molecule has 1 unspecified atom stereocenters. The second-order valence-electron chi connectivity index (χ2n) is 7.45. The largest absolute Gasteiger partial charge is 0.348 e. The van der Waals surface area contributed by atoms with Crippen LogP contribution in [0, 0.1) is 0 Å². The van der Waals surface area contributed by atoms with E-state index in [9.17, 15) is 9.59 Å². The van der Waals surface area contributed by atoms with Gasteiger partial charge in [-0.05, 0) is 39.6 Å². The van der Waals surface area contributed by atoms with E-state index < -0.39 is 0 Å². The molecule has 2 N–H and O–H groups in total. The van der Waals surface area contributed by atoms with Crippen LogP contribution in [-0.2, 0) is 16.0 Å². The fourth-order valence-electron chi connectivity index (χ4n) is 3.86. The number of hydrogen-bond donors (Lipinski definition) is 2. The molecule has 0 fully saturated rings. The summed E-state index contributed by atoms with van der Waals surface area (Å²) < 4.78 is 0. The number of benzene rings is 4. The maximum atomic E-state index is 12.4. The first-order chi connectivity index (χ1) is 14.6. The van der Waals surface area contributed by atoms with Gasteiger partial charge in [-0.2, -0.15) is 0 Å². The van der Waals surface area contributed by atoms with Crippen LogP contribution >= 0.6 is 0 Å². The number of rotatable bonds is 6. The van der Waals surface area contributed by atoms with Gasteiger partial charge >= 0.3 is 0 Å². The van der Waals surface area contributed by atoms with Gasteiger partial charge < -0.3 is 10.6 Å². The lowest BCUT2D eigenvalue weighted by molar-refractivity contribution is -0.126. The lowest BCUT2D eigenvalue weighted by Gasteiger charge is -2.17. The molecule has 4 heteroatoms. The number of carbonyl (C=O) groups excluding carboxylic acids is 2. The van der Waals surface area contributed by atoms with Crippen LogP contribution in [0.5, 0.6) is 0 Å². The van der Waals surface area contributed by atoms with Gasteiger partial charge in [0.15, 0.2) is 0 Å². The Kier molecular flexibility index (Phi) is 5.75. The Balaban J connectivity index is 1.35. The van der Waals surface area contributed by atoms with Crippen molar-refractivity contribution in [3.63, 3.8) is 0 Å². The molecule has 0 radical (unpaired) electrons. The SMILES string of the molecule is CC(NC(=O)CNC(=O)Cc1cccc2ccccc12)c1cccc2ccccc12. The molecule has 4 aromatic carbocycles. The molecule has 1 atom stereocenters. The summed E-state index contributed by atoms with van der Waals surface area (Å²) in [6.45, 7) is 1.91. The summed E-state index contributed by atoms with van der Waals surface area (Å²) in [6, 6.07) is 27.9. The average Bonchev–Trinajstić information content (AvgIpc) is 2.77. The van der Waals surface area contributed by atoms with E-state index in [0.717, 1.165) is 32.7 Å². The predicted molar refractivity (Wildman–Crippen MR) is 121 cm³/mol. The number of amides is 2. The van der Waals surface area contributed by atoms with E-state index in [1.807, 2.05) is 73.7 Å². The van der Waals surface area contributed by atoms with Gasteiger partial charge in [-0.15, -0.1) is 0 Å². The van der Waals surface area contributed by atoms with Gasteiger partial charge in [0.25, 0.3) is 0 Å². The summed E-state index contributed by atoms with van der Waals surface area (Å²) in [7, 11) is 0. The van der Waals surface area contributed by atoms with Crippen LogP contribution in [0.25, 0.3) is 21.5 Å². The van der Waals surface area contributed by atoms with Crippen LogP contribution in [0.15, 0.2) is 84.9 Å². The number of hydrogen-bond acceptors (Lipinski definition) is 2. The van der Waals surface area contributed by atoms with Crippen molar-refractivity contribution in [1.82, 2.24) is 10.6 Å². The Morgan fingerprint density at radius 3 is 2.10 bits per heavy atom. The maximum Gasteiger partial charge on any atom is 0.239 e. The Hall–Kier alpha value is -3.66. The fraction of sp³-hybridized carbons (Fsp3) is 0.154. The summed E-state index contributed by atoms with van der Waals surface area (Å²) in [6.07, 6.45) is 0.244. The lowest BCUT2D eigenvalue weighted by Crippen LogP contribution is -2.38. The molecular weight excluding hydrogens is 372 g/mol. The summed E-state index contributed by atoms with van der Waals surface area (Å²) >= 11 is 0. The van der Waals surface area contributed by atoms with E-state index in [1.165, 1.54) is 0 Å². The first kappa shape index (κ1) is 19.6. The Bertz CT molecular complexity index is 1210. The minimum atomic E-state index is -0.207. The molecule has 4 nitrogen and oxygen atoms in total. The number of carbonyl (C=O) groups is 2. The minimum absolute atomic E-state index is 0.0430. The predicted octanol–water partition coefficient (Wildman–Crippen LogP) is 4.53. The lowest BCUT2D eigenvalue weighted by atomic mass is 10.00. The molecule has 0 saturated carbocycles. The summed E-state index contributed by atoms with van der Waals surface area (Å²) in [4.78, 5) is 24.8. The molecule has 0 saturated heterocycles. The molecule has 150 valence electrons. The van der Waals surface area contributed by atoms with Gasteiger partial charge in [0.1, 0.15) is 0 Å². The zero-order chi connectivity index (χ0) is 20.9. The van der Waals surface area contributed by atoms with Crippen molar-refractivity contribution >= 4 is 33.4 Å². The average molecular weight is 396 g/mol. The second-order valence-corrected chi connectivity index (χ2v) is 7.45. The highest BCUT2D eigenvalue weighted by molar-refractivity contribution is 5.92. The van der Waals surface area contributed by atoms with Crippen LogP contribution in [0.3, 0.4) is 0 Å². The van der Waals surface area contributed by atoms with E-state index in [-0.39, 0.29) is 30.8 Å². The highest BCUT2D eigenvalue weighted by Gasteiger charge is 2.13. The molecule has 0 aliphatic carbocycles. The molecular formula is C26H24N2O2. The van der Waals surface area contributed by atoms with Crippen molar-refractivity contribution in [3.05, 3.63) is 96.1 Å². The van der Waals surface area contributed by atoms with Gasteiger partial charge in [-0.3, -0.25) is 9.59 Å². The molecule has 2 amide bonds. The van der Waals surface area contributed by atoms with E-state index >= 15 is 0 Å². The quantitative estimate of drug-likeness (QED) is 0.503. The van der Waals surface area contributed by atoms with Crippen molar-refractivity contribution < 1.29 is 9.59 Å². The molecule has 0 spiro atoms. The fourth-order valence-corrected chi connectivity index (χ4v) is 3.86. The highest BCUT2D eigenvalue weighted by Crippen LogP contribution is 2.24. The van der Waals surface area contributed by atoms with Crippen molar-refractivity contribution in [3.8, 4) is 0 Å². The molecule has 0 aliphatic rings. The smallest absolute Gasteiger partial charge is 0.239 e. The molecule has 0 bridgehead atoms. The van der Waals surface area contributed by atoms with Gasteiger partial charge in [0, 0.05) is 0 Å². The van der Waals surface area contributed by atoms with E-state index in [1.54, 1.807) is 0 Å². The van der Waals surface area contributed by atoms with Crippen LogP contribution in [0.2, 0.25) is 0 Å². The zero-order valence-electron chi connectivity index (χ0n) is 16.9. The third-order valence-electron chi connectivity index (χ3n) is 5.34.